The molecule has 2 rings (SSSR count). The molecule has 2 aromatic rings. The van der Waals surface area contributed by atoms with Gasteiger partial charge in [0, 0.05) is 5.56 Å². The number of aromatic nitrogens is 2. The lowest BCUT2D eigenvalue weighted by Crippen LogP contribution is -2.01. The molecule has 0 atom stereocenters. The molecule has 0 aliphatic rings. The van der Waals surface area contributed by atoms with Gasteiger partial charge in [0.2, 0.25) is 5.89 Å². The summed E-state index contributed by atoms with van der Waals surface area (Å²) in [5, 5.41) is 16.0. The summed E-state index contributed by atoms with van der Waals surface area (Å²) in [6.45, 7) is -2.92. The highest BCUT2D eigenvalue weighted by molar-refractivity contribution is 7.99. The molecule has 1 aromatic heterocycles. The predicted molar refractivity (Wildman–Crippen MR) is 64.7 cm³/mol. The van der Waals surface area contributed by atoms with Gasteiger partial charge in [0.05, 0.1) is 0 Å². The lowest BCUT2D eigenvalue weighted by Gasteiger charge is -2.04. The third-order valence-corrected chi connectivity index (χ3v) is 2.83. The second kappa shape index (κ2) is 6.33. The number of carbonyl (C=O) groups is 1. The maximum atomic E-state index is 12.1. The lowest BCUT2D eigenvalue weighted by atomic mass is 10.2. The fraction of sp³-hybridized carbons (Fsp3) is 0.182. The van der Waals surface area contributed by atoms with Crippen LogP contribution < -0.4 is 4.74 Å². The number of ether oxygens (including phenoxy) is 1. The Morgan fingerprint density at radius 1 is 1.45 bits per heavy atom. The fourth-order valence-electron chi connectivity index (χ4n) is 1.31. The Balaban J connectivity index is 2.13. The Hall–Kier alpha value is -2.16. The highest BCUT2D eigenvalue weighted by atomic mass is 32.2. The molecule has 1 heterocycles. The van der Waals surface area contributed by atoms with Gasteiger partial charge in [-0.3, -0.25) is 4.79 Å². The van der Waals surface area contributed by atoms with Gasteiger partial charge in [0.25, 0.3) is 5.22 Å². The molecule has 0 amide bonds. The number of alkyl halides is 2. The van der Waals surface area contributed by atoms with E-state index in [0.29, 0.717) is 5.56 Å². The molecule has 1 aromatic carbocycles. The average molecular weight is 302 g/mol. The van der Waals surface area contributed by atoms with E-state index in [1.807, 2.05) is 0 Å². The van der Waals surface area contributed by atoms with E-state index in [1.165, 1.54) is 18.2 Å². The number of hydrogen-bond acceptors (Lipinski definition) is 6. The molecule has 106 valence electrons. The Bertz CT molecular complexity index is 606. The highest BCUT2D eigenvalue weighted by Gasteiger charge is 2.12. The summed E-state index contributed by atoms with van der Waals surface area (Å²) in [5.74, 6) is -1.16. The van der Waals surface area contributed by atoms with Crippen molar-refractivity contribution in [1.82, 2.24) is 10.2 Å². The lowest BCUT2D eigenvalue weighted by molar-refractivity contribution is -0.133. The van der Waals surface area contributed by atoms with Crippen LogP contribution in [0.15, 0.2) is 33.9 Å². The SMILES string of the molecule is O=C(O)CSc1nnc(-c2cccc(OC(F)F)c2)o1. The van der Waals surface area contributed by atoms with Gasteiger partial charge < -0.3 is 14.3 Å². The topological polar surface area (TPSA) is 85.5 Å². The van der Waals surface area contributed by atoms with Crippen molar-refractivity contribution in [1.29, 1.82) is 0 Å². The van der Waals surface area contributed by atoms with Gasteiger partial charge in [-0.2, -0.15) is 8.78 Å². The third kappa shape index (κ3) is 3.92. The van der Waals surface area contributed by atoms with E-state index in [0.717, 1.165) is 11.8 Å². The average Bonchev–Trinajstić information content (AvgIpc) is 2.84. The second-order valence-corrected chi connectivity index (χ2v) is 4.39. The molecule has 0 saturated carbocycles. The van der Waals surface area contributed by atoms with Crippen molar-refractivity contribution in [2.24, 2.45) is 0 Å². The van der Waals surface area contributed by atoms with E-state index in [2.05, 4.69) is 14.9 Å². The number of benzene rings is 1. The summed E-state index contributed by atoms with van der Waals surface area (Å²) in [6.07, 6.45) is 0. The molecular weight excluding hydrogens is 294 g/mol. The zero-order valence-corrected chi connectivity index (χ0v) is 10.6. The normalized spacial score (nSPS) is 10.8. The summed E-state index contributed by atoms with van der Waals surface area (Å²) in [4.78, 5) is 10.4. The van der Waals surface area contributed by atoms with E-state index < -0.39 is 12.6 Å². The minimum Gasteiger partial charge on any atom is -0.481 e. The minimum absolute atomic E-state index is 0.0320. The van der Waals surface area contributed by atoms with Gasteiger partial charge in [-0.25, -0.2) is 0 Å². The van der Waals surface area contributed by atoms with Crippen LogP contribution in [0.2, 0.25) is 0 Å². The van der Waals surface area contributed by atoms with Crippen molar-refractivity contribution >= 4 is 17.7 Å². The van der Waals surface area contributed by atoms with E-state index in [4.69, 9.17) is 9.52 Å². The van der Waals surface area contributed by atoms with E-state index in [-0.39, 0.29) is 22.6 Å². The Morgan fingerprint density at radius 2 is 2.25 bits per heavy atom. The number of thioether (sulfide) groups is 1. The number of carboxylic acids is 1. The van der Waals surface area contributed by atoms with Gasteiger partial charge >= 0.3 is 12.6 Å². The first-order valence-electron chi connectivity index (χ1n) is 5.28. The summed E-state index contributed by atoms with van der Waals surface area (Å²) in [5.41, 5.74) is 0.401. The van der Waals surface area contributed by atoms with Crippen LogP contribution in [0.1, 0.15) is 0 Å². The van der Waals surface area contributed by atoms with Crippen LogP contribution in [-0.4, -0.2) is 33.6 Å². The van der Waals surface area contributed by atoms with Gasteiger partial charge in [-0.1, -0.05) is 17.8 Å². The summed E-state index contributed by atoms with van der Waals surface area (Å²) in [7, 11) is 0. The molecular formula is C11H8F2N2O4S. The van der Waals surface area contributed by atoms with Gasteiger partial charge in [-0.05, 0) is 18.2 Å². The van der Waals surface area contributed by atoms with E-state index in [1.54, 1.807) is 6.07 Å². The summed E-state index contributed by atoms with van der Waals surface area (Å²) in [6, 6.07) is 5.77. The van der Waals surface area contributed by atoms with E-state index >= 15 is 0 Å². The maximum Gasteiger partial charge on any atom is 0.387 e. The smallest absolute Gasteiger partial charge is 0.387 e. The zero-order valence-electron chi connectivity index (χ0n) is 9.82. The quantitative estimate of drug-likeness (QED) is 0.820. The van der Waals surface area contributed by atoms with Crippen molar-refractivity contribution in [3.05, 3.63) is 24.3 Å². The molecule has 0 bridgehead atoms. The highest BCUT2D eigenvalue weighted by Crippen LogP contribution is 2.26. The molecule has 0 aliphatic heterocycles. The van der Waals surface area contributed by atoms with Gasteiger partial charge in [0.15, 0.2) is 0 Å². The maximum absolute atomic E-state index is 12.1. The van der Waals surface area contributed by atoms with Crippen LogP contribution in [0.25, 0.3) is 11.5 Å². The van der Waals surface area contributed by atoms with E-state index in [9.17, 15) is 13.6 Å². The van der Waals surface area contributed by atoms with Crippen molar-refractivity contribution < 1.29 is 27.8 Å². The number of aliphatic carboxylic acids is 1. The van der Waals surface area contributed by atoms with Crippen LogP contribution >= 0.6 is 11.8 Å². The molecule has 0 radical (unpaired) electrons. The van der Waals surface area contributed by atoms with Crippen molar-refractivity contribution in [2.45, 2.75) is 11.8 Å². The van der Waals surface area contributed by atoms with Crippen LogP contribution in [-0.2, 0) is 4.79 Å². The van der Waals surface area contributed by atoms with Crippen molar-refractivity contribution in [3.63, 3.8) is 0 Å². The molecule has 20 heavy (non-hydrogen) atoms. The monoisotopic (exact) mass is 302 g/mol. The fourth-order valence-corrected chi connectivity index (χ4v) is 1.80. The summed E-state index contributed by atoms with van der Waals surface area (Å²) >= 11 is 0.868. The Labute approximate surface area is 115 Å². The minimum atomic E-state index is -2.92. The molecule has 0 unspecified atom stereocenters. The van der Waals surface area contributed by atoms with Crippen molar-refractivity contribution in [3.8, 4) is 17.2 Å². The first kappa shape index (κ1) is 14.3. The first-order chi connectivity index (χ1) is 9.54. The predicted octanol–water partition coefficient (Wildman–Crippen LogP) is 2.51. The largest absolute Gasteiger partial charge is 0.481 e. The Kier molecular flexibility index (Phi) is 4.51. The molecule has 9 heteroatoms. The Morgan fingerprint density at radius 3 is 2.95 bits per heavy atom. The number of nitrogens with zero attached hydrogens (tertiary/aromatic N) is 2. The molecule has 6 nitrogen and oxygen atoms in total. The van der Waals surface area contributed by atoms with Crippen LogP contribution in [0, 0.1) is 0 Å². The molecule has 1 N–H and O–H groups in total. The van der Waals surface area contributed by atoms with Gasteiger partial charge in [0.1, 0.15) is 11.5 Å². The van der Waals surface area contributed by atoms with Crippen LogP contribution in [0.3, 0.4) is 0 Å². The molecule has 0 aliphatic carbocycles. The zero-order chi connectivity index (χ0) is 14.5. The number of carboxylic acid groups (broad SMARTS) is 1. The third-order valence-electron chi connectivity index (χ3n) is 2.03. The summed E-state index contributed by atoms with van der Waals surface area (Å²) < 4.78 is 33.7. The number of hydrogen-bond donors (Lipinski definition) is 1. The molecule has 0 fully saturated rings. The van der Waals surface area contributed by atoms with Crippen LogP contribution in [0.5, 0.6) is 5.75 Å². The number of rotatable bonds is 6. The standard InChI is InChI=1S/C11H8F2N2O4S/c12-10(13)18-7-3-1-2-6(4-7)9-14-15-11(19-9)20-5-8(16)17/h1-4,10H,5H2,(H,16,17). The number of halogens is 2. The van der Waals surface area contributed by atoms with Crippen LogP contribution in [0.4, 0.5) is 8.78 Å². The molecule has 0 spiro atoms. The first-order valence-corrected chi connectivity index (χ1v) is 6.26. The molecule has 0 saturated heterocycles. The van der Waals surface area contributed by atoms with Gasteiger partial charge in [-0.15, -0.1) is 10.2 Å². The second-order valence-electron chi connectivity index (χ2n) is 3.46. The van der Waals surface area contributed by atoms with Crippen molar-refractivity contribution in [2.75, 3.05) is 5.75 Å².